The number of halogens is 1. The Hall–Kier alpha value is -1.73. The van der Waals surface area contributed by atoms with E-state index in [4.69, 9.17) is 4.52 Å². The monoisotopic (exact) mass is 353 g/mol. The van der Waals surface area contributed by atoms with Crippen molar-refractivity contribution in [1.29, 1.82) is 0 Å². The maximum Gasteiger partial charge on any atom is 0.319 e. The number of benzene rings is 1. The summed E-state index contributed by atoms with van der Waals surface area (Å²) in [6.07, 6.45) is 0. The zero-order valence-corrected chi connectivity index (χ0v) is 13.5. The van der Waals surface area contributed by atoms with Crippen LogP contribution in [0.15, 0.2) is 33.3 Å². The van der Waals surface area contributed by atoms with Gasteiger partial charge in [-0.05, 0) is 18.7 Å². The SMILES string of the molecule is CCN(CC(=O)OC)Cc1nc(-c2cccc(Br)c2)no1. The highest BCUT2D eigenvalue weighted by Crippen LogP contribution is 2.20. The van der Waals surface area contributed by atoms with Gasteiger partial charge in [0.05, 0.1) is 20.2 Å². The Kier molecular flexibility index (Phi) is 5.46. The first-order chi connectivity index (χ1) is 10.1. The highest BCUT2D eigenvalue weighted by Gasteiger charge is 2.15. The highest BCUT2D eigenvalue weighted by atomic mass is 79.9. The van der Waals surface area contributed by atoms with Crippen molar-refractivity contribution in [2.45, 2.75) is 13.5 Å². The summed E-state index contributed by atoms with van der Waals surface area (Å²) in [6.45, 7) is 3.24. The molecule has 0 unspecified atom stereocenters. The number of ether oxygens (including phenoxy) is 1. The highest BCUT2D eigenvalue weighted by molar-refractivity contribution is 9.10. The number of hydrogen-bond acceptors (Lipinski definition) is 6. The van der Waals surface area contributed by atoms with Gasteiger partial charge in [-0.25, -0.2) is 0 Å². The summed E-state index contributed by atoms with van der Waals surface area (Å²) >= 11 is 3.41. The molecule has 112 valence electrons. The van der Waals surface area contributed by atoms with Crippen molar-refractivity contribution >= 4 is 21.9 Å². The van der Waals surface area contributed by atoms with Crippen LogP contribution in [0.25, 0.3) is 11.4 Å². The lowest BCUT2D eigenvalue weighted by molar-refractivity contribution is -0.142. The predicted octanol–water partition coefficient (Wildman–Crippen LogP) is 2.49. The van der Waals surface area contributed by atoms with Crippen LogP contribution in [0.4, 0.5) is 0 Å². The Morgan fingerprint density at radius 2 is 2.29 bits per heavy atom. The van der Waals surface area contributed by atoms with Gasteiger partial charge in [-0.1, -0.05) is 40.1 Å². The lowest BCUT2D eigenvalue weighted by atomic mass is 10.2. The van der Waals surface area contributed by atoms with E-state index in [0.29, 0.717) is 24.8 Å². The lowest BCUT2D eigenvalue weighted by Crippen LogP contribution is -2.30. The van der Waals surface area contributed by atoms with Crippen molar-refractivity contribution < 1.29 is 14.1 Å². The second-order valence-corrected chi connectivity index (χ2v) is 5.32. The van der Waals surface area contributed by atoms with Crippen molar-refractivity contribution in [3.63, 3.8) is 0 Å². The van der Waals surface area contributed by atoms with Crippen LogP contribution in [-0.2, 0) is 16.1 Å². The average molecular weight is 354 g/mol. The zero-order chi connectivity index (χ0) is 15.2. The van der Waals surface area contributed by atoms with E-state index in [0.717, 1.165) is 10.0 Å². The van der Waals surface area contributed by atoms with Crippen LogP contribution in [0.2, 0.25) is 0 Å². The van der Waals surface area contributed by atoms with Crippen molar-refractivity contribution in [3.05, 3.63) is 34.6 Å². The van der Waals surface area contributed by atoms with Crippen LogP contribution >= 0.6 is 15.9 Å². The minimum Gasteiger partial charge on any atom is -0.468 e. The minimum absolute atomic E-state index is 0.196. The van der Waals surface area contributed by atoms with Crippen LogP contribution in [-0.4, -0.2) is 41.2 Å². The first kappa shape index (κ1) is 15.7. The molecule has 6 nitrogen and oxygen atoms in total. The lowest BCUT2D eigenvalue weighted by Gasteiger charge is -2.15. The zero-order valence-electron chi connectivity index (χ0n) is 11.9. The number of carbonyl (C=O) groups is 1. The van der Waals surface area contributed by atoms with Gasteiger partial charge in [0.25, 0.3) is 0 Å². The fourth-order valence-electron chi connectivity index (χ4n) is 1.78. The average Bonchev–Trinajstić information content (AvgIpc) is 2.95. The van der Waals surface area contributed by atoms with Gasteiger partial charge in [0, 0.05) is 10.0 Å². The Labute approximate surface area is 131 Å². The summed E-state index contributed by atoms with van der Waals surface area (Å²) in [5.41, 5.74) is 0.871. The molecule has 7 heteroatoms. The van der Waals surface area contributed by atoms with Crippen molar-refractivity contribution in [2.24, 2.45) is 0 Å². The van der Waals surface area contributed by atoms with E-state index in [1.54, 1.807) is 0 Å². The number of aromatic nitrogens is 2. The van der Waals surface area contributed by atoms with Gasteiger partial charge in [-0.15, -0.1) is 0 Å². The maximum atomic E-state index is 11.3. The third-order valence-electron chi connectivity index (χ3n) is 2.94. The van der Waals surface area contributed by atoms with E-state index in [1.165, 1.54) is 7.11 Å². The van der Waals surface area contributed by atoms with E-state index in [2.05, 4.69) is 30.8 Å². The second kappa shape index (κ2) is 7.33. The van der Waals surface area contributed by atoms with E-state index in [1.807, 2.05) is 36.1 Å². The van der Waals surface area contributed by atoms with E-state index >= 15 is 0 Å². The Morgan fingerprint density at radius 1 is 1.48 bits per heavy atom. The maximum absolute atomic E-state index is 11.3. The molecule has 1 aromatic carbocycles. The molecule has 0 saturated carbocycles. The standard InChI is InChI=1S/C14H16BrN3O3/c1-3-18(9-13(19)20-2)8-12-16-14(17-21-12)10-5-4-6-11(15)7-10/h4-7H,3,8-9H2,1-2H3. The van der Waals surface area contributed by atoms with Gasteiger partial charge in [-0.2, -0.15) is 4.98 Å². The molecule has 21 heavy (non-hydrogen) atoms. The Balaban J connectivity index is 2.07. The largest absolute Gasteiger partial charge is 0.468 e. The number of hydrogen-bond donors (Lipinski definition) is 0. The van der Waals surface area contributed by atoms with Gasteiger partial charge >= 0.3 is 5.97 Å². The molecule has 0 spiro atoms. The summed E-state index contributed by atoms with van der Waals surface area (Å²) < 4.78 is 10.8. The quantitative estimate of drug-likeness (QED) is 0.743. The minimum atomic E-state index is -0.288. The van der Waals surface area contributed by atoms with Gasteiger partial charge < -0.3 is 9.26 Å². The molecular weight excluding hydrogens is 338 g/mol. The fraction of sp³-hybridized carbons (Fsp3) is 0.357. The summed E-state index contributed by atoms with van der Waals surface area (Å²) in [7, 11) is 1.37. The van der Waals surface area contributed by atoms with Crippen molar-refractivity contribution in [3.8, 4) is 11.4 Å². The van der Waals surface area contributed by atoms with Crippen LogP contribution in [0.5, 0.6) is 0 Å². The molecule has 0 N–H and O–H groups in total. The summed E-state index contributed by atoms with van der Waals surface area (Å²) in [4.78, 5) is 17.5. The molecule has 0 aliphatic rings. The number of methoxy groups -OCH3 is 1. The molecule has 0 aliphatic carbocycles. The molecule has 0 radical (unpaired) electrons. The normalized spacial score (nSPS) is 10.9. The smallest absolute Gasteiger partial charge is 0.319 e. The van der Waals surface area contributed by atoms with E-state index in [9.17, 15) is 4.79 Å². The first-order valence-corrected chi connectivity index (χ1v) is 7.29. The second-order valence-electron chi connectivity index (χ2n) is 4.40. The molecule has 1 aromatic heterocycles. The Bertz CT molecular complexity index is 615. The van der Waals surface area contributed by atoms with Crippen LogP contribution < -0.4 is 0 Å². The topological polar surface area (TPSA) is 68.5 Å². The summed E-state index contributed by atoms with van der Waals surface area (Å²) in [6, 6.07) is 7.66. The van der Waals surface area contributed by atoms with Gasteiger partial charge in [-0.3, -0.25) is 9.69 Å². The molecule has 0 aliphatic heterocycles. The molecule has 2 aromatic rings. The number of esters is 1. The predicted molar refractivity (Wildman–Crippen MR) is 80.4 cm³/mol. The molecule has 0 amide bonds. The van der Waals surface area contributed by atoms with Crippen LogP contribution in [0.3, 0.4) is 0 Å². The van der Waals surface area contributed by atoms with Crippen LogP contribution in [0.1, 0.15) is 12.8 Å². The van der Waals surface area contributed by atoms with Crippen molar-refractivity contribution in [2.75, 3.05) is 20.2 Å². The van der Waals surface area contributed by atoms with Gasteiger partial charge in [0.15, 0.2) is 0 Å². The molecule has 0 fully saturated rings. The first-order valence-electron chi connectivity index (χ1n) is 6.50. The van der Waals surface area contributed by atoms with E-state index in [-0.39, 0.29) is 12.5 Å². The number of rotatable bonds is 6. The third-order valence-corrected chi connectivity index (χ3v) is 3.43. The Morgan fingerprint density at radius 3 is 2.95 bits per heavy atom. The summed E-state index contributed by atoms with van der Waals surface area (Å²) in [5, 5.41) is 3.96. The summed E-state index contributed by atoms with van der Waals surface area (Å²) in [5.74, 6) is 0.708. The van der Waals surface area contributed by atoms with E-state index < -0.39 is 0 Å². The number of nitrogens with zero attached hydrogens (tertiary/aromatic N) is 3. The molecule has 0 atom stereocenters. The fourth-order valence-corrected chi connectivity index (χ4v) is 2.18. The number of likely N-dealkylation sites (N-methyl/N-ethyl adjacent to an activating group) is 1. The molecule has 0 saturated heterocycles. The molecular formula is C14H16BrN3O3. The molecule has 1 heterocycles. The number of carbonyl (C=O) groups excluding carboxylic acids is 1. The molecule has 2 rings (SSSR count). The van der Waals surface area contributed by atoms with Gasteiger partial charge in [0.1, 0.15) is 0 Å². The molecule has 0 bridgehead atoms. The van der Waals surface area contributed by atoms with Crippen LogP contribution in [0, 0.1) is 0 Å². The van der Waals surface area contributed by atoms with Gasteiger partial charge in [0.2, 0.25) is 11.7 Å². The third kappa shape index (κ3) is 4.37. The van der Waals surface area contributed by atoms with Crippen molar-refractivity contribution in [1.82, 2.24) is 15.0 Å².